The Morgan fingerprint density at radius 2 is 1.86 bits per heavy atom. The number of methoxy groups -OCH3 is 2. The molecule has 2 aromatic rings. The molecule has 0 spiro atoms. The van der Waals surface area contributed by atoms with Gasteiger partial charge in [0.25, 0.3) is 0 Å². The molecule has 0 amide bonds. The molecule has 21 heavy (non-hydrogen) atoms. The minimum Gasteiger partial charge on any atom is -0.507 e. The number of ketones is 1. The van der Waals surface area contributed by atoms with Crippen molar-refractivity contribution in [2.45, 2.75) is 0 Å². The highest BCUT2D eigenvalue weighted by molar-refractivity contribution is 6.08. The molecule has 0 atom stereocenters. The van der Waals surface area contributed by atoms with Crippen LogP contribution >= 0.6 is 0 Å². The van der Waals surface area contributed by atoms with Crippen LogP contribution in [0.3, 0.4) is 0 Å². The summed E-state index contributed by atoms with van der Waals surface area (Å²) >= 11 is 0. The van der Waals surface area contributed by atoms with Crippen molar-refractivity contribution in [2.75, 3.05) is 14.2 Å². The van der Waals surface area contributed by atoms with Gasteiger partial charge in [-0.15, -0.1) is 0 Å². The van der Waals surface area contributed by atoms with Gasteiger partial charge in [0, 0.05) is 11.6 Å². The minimum atomic E-state index is -0.210. The largest absolute Gasteiger partial charge is 0.507 e. The summed E-state index contributed by atoms with van der Waals surface area (Å²) < 4.78 is 10.3. The Balaban J connectivity index is 2.26. The lowest BCUT2D eigenvalue weighted by molar-refractivity contribution is 0.104. The number of aromatic hydroxyl groups is 1. The standard InChI is InChI=1S/C17H16O4/c1-20-13-8-9-14(17(11-13)21-2)16(19)10-7-12-5-3-4-6-15(12)18/h3-11,18H,1-2H3/b10-7+. The zero-order valence-electron chi connectivity index (χ0n) is 11.9. The van der Waals surface area contributed by atoms with Gasteiger partial charge in [0.2, 0.25) is 0 Å². The molecule has 0 saturated carbocycles. The lowest BCUT2D eigenvalue weighted by atomic mass is 10.1. The highest BCUT2D eigenvalue weighted by atomic mass is 16.5. The number of phenolic OH excluding ortho intramolecular Hbond substituents is 1. The predicted octanol–water partition coefficient (Wildman–Crippen LogP) is 3.31. The molecule has 108 valence electrons. The molecule has 0 radical (unpaired) electrons. The van der Waals surface area contributed by atoms with Crippen LogP contribution in [0.2, 0.25) is 0 Å². The summed E-state index contributed by atoms with van der Waals surface area (Å²) in [5.74, 6) is 0.982. The molecule has 0 aromatic heterocycles. The van der Waals surface area contributed by atoms with Gasteiger partial charge in [0.15, 0.2) is 5.78 Å². The number of hydrogen-bond donors (Lipinski definition) is 1. The summed E-state index contributed by atoms with van der Waals surface area (Å²) in [4.78, 5) is 12.2. The quantitative estimate of drug-likeness (QED) is 0.676. The summed E-state index contributed by atoms with van der Waals surface area (Å²) in [6, 6.07) is 11.8. The van der Waals surface area contributed by atoms with Gasteiger partial charge in [-0.2, -0.15) is 0 Å². The fraction of sp³-hybridized carbons (Fsp3) is 0.118. The molecule has 0 aliphatic rings. The number of para-hydroxylation sites is 1. The average molecular weight is 284 g/mol. The molecule has 0 saturated heterocycles. The van der Waals surface area contributed by atoms with E-state index in [4.69, 9.17) is 9.47 Å². The van der Waals surface area contributed by atoms with Crippen molar-refractivity contribution >= 4 is 11.9 Å². The summed E-state index contributed by atoms with van der Waals surface area (Å²) in [6.07, 6.45) is 2.97. The molecule has 1 N–H and O–H groups in total. The first-order valence-corrected chi connectivity index (χ1v) is 6.38. The van der Waals surface area contributed by atoms with Crippen LogP contribution in [0, 0.1) is 0 Å². The number of carbonyl (C=O) groups excluding carboxylic acids is 1. The summed E-state index contributed by atoms with van der Waals surface area (Å²) in [7, 11) is 3.05. The van der Waals surface area contributed by atoms with Crippen LogP contribution in [0.25, 0.3) is 6.08 Å². The monoisotopic (exact) mass is 284 g/mol. The normalized spacial score (nSPS) is 10.6. The van der Waals surface area contributed by atoms with Crippen molar-refractivity contribution in [3.63, 3.8) is 0 Å². The Bertz CT molecular complexity index is 674. The first-order chi connectivity index (χ1) is 10.2. The highest BCUT2D eigenvalue weighted by Crippen LogP contribution is 2.25. The first kappa shape index (κ1) is 14.7. The van der Waals surface area contributed by atoms with Crippen molar-refractivity contribution in [1.82, 2.24) is 0 Å². The van der Waals surface area contributed by atoms with Crippen LogP contribution in [0.15, 0.2) is 48.5 Å². The van der Waals surface area contributed by atoms with Crippen molar-refractivity contribution in [1.29, 1.82) is 0 Å². The van der Waals surface area contributed by atoms with Crippen molar-refractivity contribution in [3.05, 3.63) is 59.7 Å². The van der Waals surface area contributed by atoms with Crippen LogP contribution in [0.4, 0.5) is 0 Å². The van der Waals surface area contributed by atoms with E-state index in [2.05, 4.69) is 0 Å². The third-order valence-electron chi connectivity index (χ3n) is 3.03. The Morgan fingerprint density at radius 3 is 2.52 bits per heavy atom. The van der Waals surface area contributed by atoms with Gasteiger partial charge in [-0.3, -0.25) is 4.79 Å². The fourth-order valence-corrected chi connectivity index (χ4v) is 1.89. The first-order valence-electron chi connectivity index (χ1n) is 6.38. The van der Waals surface area contributed by atoms with E-state index in [1.54, 1.807) is 55.7 Å². The van der Waals surface area contributed by atoms with Gasteiger partial charge in [0.1, 0.15) is 17.2 Å². The smallest absolute Gasteiger partial charge is 0.189 e. The second-order valence-corrected chi connectivity index (χ2v) is 4.32. The number of phenols is 1. The van der Waals surface area contributed by atoms with Crippen LogP contribution in [0.1, 0.15) is 15.9 Å². The van der Waals surface area contributed by atoms with Gasteiger partial charge in [-0.1, -0.05) is 18.2 Å². The molecule has 0 aliphatic heterocycles. The topological polar surface area (TPSA) is 55.8 Å². The number of hydrogen-bond acceptors (Lipinski definition) is 4. The zero-order valence-corrected chi connectivity index (χ0v) is 11.9. The van der Waals surface area contributed by atoms with E-state index in [0.717, 1.165) is 0 Å². The molecule has 4 heteroatoms. The summed E-state index contributed by atoms with van der Waals surface area (Å²) in [5, 5.41) is 9.66. The number of benzene rings is 2. The number of rotatable bonds is 5. The van der Waals surface area contributed by atoms with E-state index in [1.807, 2.05) is 0 Å². The molecule has 0 bridgehead atoms. The van der Waals surface area contributed by atoms with E-state index in [1.165, 1.54) is 13.2 Å². The van der Waals surface area contributed by atoms with Crippen LogP contribution in [0.5, 0.6) is 17.2 Å². The van der Waals surface area contributed by atoms with Gasteiger partial charge < -0.3 is 14.6 Å². The Hall–Kier alpha value is -2.75. The van der Waals surface area contributed by atoms with Gasteiger partial charge >= 0.3 is 0 Å². The number of ether oxygens (including phenoxy) is 2. The van der Waals surface area contributed by atoms with Crippen LogP contribution < -0.4 is 9.47 Å². The molecule has 4 nitrogen and oxygen atoms in total. The van der Waals surface area contributed by atoms with E-state index in [0.29, 0.717) is 22.6 Å². The average Bonchev–Trinajstić information content (AvgIpc) is 2.53. The molecule has 0 fully saturated rings. The maximum absolute atomic E-state index is 12.2. The second kappa shape index (κ2) is 6.61. The van der Waals surface area contributed by atoms with Crippen molar-refractivity contribution in [2.24, 2.45) is 0 Å². The van der Waals surface area contributed by atoms with Crippen LogP contribution in [-0.2, 0) is 0 Å². The highest BCUT2D eigenvalue weighted by Gasteiger charge is 2.10. The maximum Gasteiger partial charge on any atom is 0.189 e. The van der Waals surface area contributed by atoms with Crippen LogP contribution in [-0.4, -0.2) is 25.1 Å². The number of carbonyl (C=O) groups is 1. The minimum absolute atomic E-state index is 0.128. The lowest BCUT2D eigenvalue weighted by Gasteiger charge is -2.08. The summed E-state index contributed by atoms with van der Waals surface area (Å²) in [6.45, 7) is 0. The molecule has 0 heterocycles. The Labute approximate surface area is 123 Å². The fourth-order valence-electron chi connectivity index (χ4n) is 1.89. The predicted molar refractivity (Wildman–Crippen MR) is 81.0 cm³/mol. The molecule has 0 unspecified atom stereocenters. The third-order valence-corrected chi connectivity index (χ3v) is 3.03. The van der Waals surface area contributed by atoms with Gasteiger partial charge in [0.05, 0.1) is 19.8 Å². The van der Waals surface area contributed by atoms with Crippen molar-refractivity contribution < 1.29 is 19.4 Å². The maximum atomic E-state index is 12.2. The van der Waals surface area contributed by atoms with E-state index in [9.17, 15) is 9.90 Å². The zero-order chi connectivity index (χ0) is 15.2. The Kier molecular flexibility index (Phi) is 4.61. The molecule has 0 aliphatic carbocycles. The lowest BCUT2D eigenvalue weighted by Crippen LogP contribution is -1.99. The van der Waals surface area contributed by atoms with Gasteiger partial charge in [-0.05, 0) is 30.4 Å². The number of allylic oxidation sites excluding steroid dienone is 1. The molecular weight excluding hydrogens is 268 g/mol. The van der Waals surface area contributed by atoms with Gasteiger partial charge in [-0.25, -0.2) is 0 Å². The Morgan fingerprint density at radius 1 is 1.10 bits per heavy atom. The van der Waals surface area contributed by atoms with E-state index < -0.39 is 0 Å². The molecule has 2 rings (SSSR count). The third kappa shape index (κ3) is 3.42. The van der Waals surface area contributed by atoms with E-state index in [-0.39, 0.29) is 11.5 Å². The molecular formula is C17H16O4. The second-order valence-electron chi connectivity index (χ2n) is 4.32. The van der Waals surface area contributed by atoms with E-state index >= 15 is 0 Å². The van der Waals surface area contributed by atoms with Crippen molar-refractivity contribution in [3.8, 4) is 17.2 Å². The molecule has 2 aromatic carbocycles. The SMILES string of the molecule is COc1ccc(C(=O)/C=C/c2ccccc2O)c(OC)c1. The summed E-state index contributed by atoms with van der Waals surface area (Å²) in [5.41, 5.74) is 1.02.